The van der Waals surface area contributed by atoms with Crippen molar-refractivity contribution in [3.05, 3.63) is 29.8 Å². The Bertz CT molecular complexity index is 800. The molecule has 0 radical (unpaired) electrons. The second kappa shape index (κ2) is 8.38. The first kappa shape index (κ1) is 20.8. The van der Waals surface area contributed by atoms with E-state index in [0.717, 1.165) is 37.0 Å². The van der Waals surface area contributed by atoms with Gasteiger partial charge in [0.05, 0.1) is 11.3 Å². The van der Waals surface area contributed by atoms with E-state index in [1.807, 2.05) is 19.0 Å². The molecule has 162 valence electrons. The zero-order chi connectivity index (χ0) is 21.3. The lowest BCUT2D eigenvalue weighted by Crippen LogP contribution is -2.59. The molecular weight excluding hydrogens is 380 g/mol. The molecule has 5 rings (SSSR count). The average molecular weight is 413 g/mol. The summed E-state index contributed by atoms with van der Waals surface area (Å²) in [5, 5.41) is 8.54. The molecule has 1 aromatic rings. The highest BCUT2D eigenvalue weighted by Gasteiger charge is 2.51. The standard InChI is InChI=1S/C23H32N4O3/c1-27(2)8-7-24-21(29)22(30)25-19-6-4-3-5-18(19)20(28)26-23-12-15-9-16(13-23)11-17(10-15)14-23/h3-6,15-17H,7-14H2,1-2H3,(H,24,29)(H,25,30)(H,26,28). The molecule has 0 aromatic heterocycles. The Morgan fingerprint density at radius 1 is 0.967 bits per heavy atom. The zero-order valence-electron chi connectivity index (χ0n) is 17.9. The molecule has 3 amide bonds. The lowest BCUT2D eigenvalue weighted by atomic mass is 9.53. The maximum Gasteiger partial charge on any atom is 0.313 e. The van der Waals surface area contributed by atoms with Crippen LogP contribution in [0.5, 0.6) is 0 Å². The summed E-state index contributed by atoms with van der Waals surface area (Å²) < 4.78 is 0. The predicted octanol–water partition coefficient (Wildman–Crippen LogP) is 2.00. The Hall–Kier alpha value is -2.41. The minimum absolute atomic E-state index is 0.105. The molecule has 30 heavy (non-hydrogen) atoms. The van der Waals surface area contributed by atoms with Crippen molar-refractivity contribution in [1.82, 2.24) is 15.5 Å². The van der Waals surface area contributed by atoms with Gasteiger partial charge in [-0.2, -0.15) is 0 Å². The molecule has 4 bridgehead atoms. The normalized spacial score (nSPS) is 29.0. The van der Waals surface area contributed by atoms with Crippen molar-refractivity contribution < 1.29 is 14.4 Å². The van der Waals surface area contributed by atoms with Crippen LogP contribution >= 0.6 is 0 Å². The summed E-state index contributed by atoms with van der Waals surface area (Å²) in [6.07, 6.45) is 7.12. The van der Waals surface area contributed by atoms with Crippen LogP contribution in [-0.4, -0.2) is 55.3 Å². The van der Waals surface area contributed by atoms with E-state index < -0.39 is 11.8 Å². The number of amides is 3. The molecular formula is C23H32N4O3. The number of hydrogen-bond donors (Lipinski definition) is 3. The maximum absolute atomic E-state index is 13.2. The van der Waals surface area contributed by atoms with Gasteiger partial charge in [0, 0.05) is 18.6 Å². The highest BCUT2D eigenvalue weighted by Crippen LogP contribution is 2.55. The van der Waals surface area contributed by atoms with Crippen molar-refractivity contribution in [2.45, 2.75) is 44.1 Å². The number of carbonyl (C=O) groups is 3. The Labute approximate surface area is 178 Å². The van der Waals surface area contributed by atoms with Crippen LogP contribution in [0.1, 0.15) is 48.9 Å². The first-order valence-electron chi connectivity index (χ1n) is 11.0. The molecule has 7 nitrogen and oxygen atoms in total. The van der Waals surface area contributed by atoms with Gasteiger partial charge in [0.15, 0.2) is 0 Å². The highest BCUT2D eigenvalue weighted by atomic mass is 16.2. The van der Waals surface area contributed by atoms with E-state index in [4.69, 9.17) is 0 Å². The third-order valence-corrected chi connectivity index (χ3v) is 6.89. The van der Waals surface area contributed by atoms with Gasteiger partial charge < -0.3 is 20.9 Å². The summed E-state index contributed by atoms with van der Waals surface area (Å²) in [4.78, 5) is 39.5. The molecule has 0 aliphatic heterocycles. The monoisotopic (exact) mass is 412 g/mol. The van der Waals surface area contributed by atoms with Gasteiger partial charge in [0.25, 0.3) is 5.91 Å². The van der Waals surface area contributed by atoms with Crippen molar-refractivity contribution in [3.63, 3.8) is 0 Å². The second-order valence-electron chi connectivity index (χ2n) is 9.71. The summed E-state index contributed by atoms with van der Waals surface area (Å²) in [6.45, 7) is 1.02. The smallest absolute Gasteiger partial charge is 0.313 e. The van der Waals surface area contributed by atoms with E-state index >= 15 is 0 Å². The molecule has 0 spiro atoms. The number of anilines is 1. The van der Waals surface area contributed by atoms with E-state index in [9.17, 15) is 14.4 Å². The Morgan fingerprint density at radius 2 is 1.57 bits per heavy atom. The minimum Gasteiger partial charge on any atom is -0.347 e. The first-order chi connectivity index (χ1) is 14.3. The van der Waals surface area contributed by atoms with Crippen LogP contribution in [0, 0.1) is 17.8 Å². The second-order valence-corrected chi connectivity index (χ2v) is 9.71. The van der Waals surface area contributed by atoms with E-state index in [2.05, 4.69) is 16.0 Å². The summed E-state index contributed by atoms with van der Waals surface area (Å²) in [7, 11) is 3.79. The fourth-order valence-corrected chi connectivity index (χ4v) is 6.01. The topological polar surface area (TPSA) is 90.5 Å². The molecule has 4 saturated carbocycles. The molecule has 0 unspecified atom stereocenters. The molecule has 0 saturated heterocycles. The number of likely N-dealkylation sites (N-methyl/N-ethyl adjacent to an activating group) is 1. The lowest BCUT2D eigenvalue weighted by Gasteiger charge is -2.56. The third kappa shape index (κ3) is 4.51. The number of benzene rings is 1. The van der Waals surface area contributed by atoms with Gasteiger partial charge in [-0.1, -0.05) is 12.1 Å². The van der Waals surface area contributed by atoms with Crippen LogP contribution < -0.4 is 16.0 Å². The van der Waals surface area contributed by atoms with Crippen LogP contribution in [0.2, 0.25) is 0 Å². The van der Waals surface area contributed by atoms with E-state index in [1.165, 1.54) is 19.3 Å². The Kier molecular flexibility index (Phi) is 5.82. The lowest BCUT2D eigenvalue weighted by molar-refractivity contribution is -0.136. The number of carbonyl (C=O) groups excluding carboxylic acids is 3. The average Bonchev–Trinajstić information content (AvgIpc) is 2.66. The molecule has 4 fully saturated rings. The quantitative estimate of drug-likeness (QED) is 0.624. The fourth-order valence-electron chi connectivity index (χ4n) is 6.01. The van der Waals surface area contributed by atoms with Gasteiger partial charge in [0.2, 0.25) is 0 Å². The van der Waals surface area contributed by atoms with Crippen LogP contribution in [0.15, 0.2) is 24.3 Å². The molecule has 4 aliphatic rings. The molecule has 4 aliphatic carbocycles. The van der Waals surface area contributed by atoms with E-state index in [1.54, 1.807) is 24.3 Å². The van der Waals surface area contributed by atoms with Crippen LogP contribution in [-0.2, 0) is 9.59 Å². The SMILES string of the molecule is CN(C)CCNC(=O)C(=O)Nc1ccccc1C(=O)NC12CC3CC(CC(C3)C1)C2. The summed E-state index contributed by atoms with van der Waals surface area (Å²) in [5.74, 6) is 0.574. The summed E-state index contributed by atoms with van der Waals surface area (Å²) in [6, 6.07) is 6.90. The van der Waals surface area contributed by atoms with Gasteiger partial charge in [-0.3, -0.25) is 14.4 Å². The number of para-hydroxylation sites is 1. The Balaban J connectivity index is 1.41. The summed E-state index contributed by atoms with van der Waals surface area (Å²) >= 11 is 0. The largest absolute Gasteiger partial charge is 0.347 e. The molecule has 0 heterocycles. The molecule has 3 N–H and O–H groups in total. The van der Waals surface area contributed by atoms with Gasteiger partial charge in [0.1, 0.15) is 0 Å². The van der Waals surface area contributed by atoms with Crippen molar-refractivity contribution >= 4 is 23.4 Å². The van der Waals surface area contributed by atoms with Crippen molar-refractivity contribution in [2.24, 2.45) is 17.8 Å². The molecule has 0 atom stereocenters. The van der Waals surface area contributed by atoms with Crippen LogP contribution in [0.3, 0.4) is 0 Å². The van der Waals surface area contributed by atoms with Gasteiger partial charge in [-0.15, -0.1) is 0 Å². The summed E-state index contributed by atoms with van der Waals surface area (Å²) in [5.41, 5.74) is 0.669. The van der Waals surface area contributed by atoms with Gasteiger partial charge in [-0.05, 0) is 82.5 Å². The van der Waals surface area contributed by atoms with E-state index in [0.29, 0.717) is 24.3 Å². The highest BCUT2D eigenvalue weighted by molar-refractivity contribution is 6.40. The van der Waals surface area contributed by atoms with E-state index in [-0.39, 0.29) is 11.4 Å². The minimum atomic E-state index is -0.760. The Morgan fingerprint density at radius 3 is 2.17 bits per heavy atom. The van der Waals surface area contributed by atoms with Crippen molar-refractivity contribution in [2.75, 3.05) is 32.5 Å². The molecule has 1 aromatic carbocycles. The first-order valence-corrected chi connectivity index (χ1v) is 11.0. The zero-order valence-corrected chi connectivity index (χ0v) is 17.9. The van der Waals surface area contributed by atoms with Gasteiger partial charge >= 0.3 is 11.8 Å². The van der Waals surface area contributed by atoms with Crippen molar-refractivity contribution in [3.8, 4) is 0 Å². The number of nitrogens with zero attached hydrogens (tertiary/aromatic N) is 1. The maximum atomic E-state index is 13.2. The van der Waals surface area contributed by atoms with Crippen molar-refractivity contribution in [1.29, 1.82) is 0 Å². The predicted molar refractivity (Wildman–Crippen MR) is 115 cm³/mol. The molecule has 7 heteroatoms. The van der Waals surface area contributed by atoms with Gasteiger partial charge in [-0.25, -0.2) is 0 Å². The fraction of sp³-hybridized carbons (Fsp3) is 0.609. The van der Waals surface area contributed by atoms with Crippen LogP contribution in [0.4, 0.5) is 5.69 Å². The number of nitrogens with one attached hydrogen (secondary N) is 3. The third-order valence-electron chi connectivity index (χ3n) is 6.89. The number of hydrogen-bond acceptors (Lipinski definition) is 4. The number of rotatable bonds is 6. The van der Waals surface area contributed by atoms with Crippen LogP contribution in [0.25, 0.3) is 0 Å².